The first kappa shape index (κ1) is 13.2. The zero-order valence-electron chi connectivity index (χ0n) is 10.7. The molecule has 0 amide bonds. The Labute approximate surface area is 113 Å². The number of fused-ring (bicyclic) bond motifs is 1. The fourth-order valence-electron chi connectivity index (χ4n) is 2.48. The molecule has 0 aliphatic carbocycles. The van der Waals surface area contributed by atoms with Crippen LogP contribution in [0.5, 0.6) is 0 Å². The summed E-state index contributed by atoms with van der Waals surface area (Å²) >= 11 is 0. The molecule has 1 saturated heterocycles. The quantitative estimate of drug-likeness (QED) is 0.508. The molecule has 3 unspecified atom stereocenters. The van der Waals surface area contributed by atoms with Crippen molar-refractivity contribution in [3.05, 3.63) is 18.1 Å². The Bertz CT molecular complexity index is 643. The van der Waals surface area contributed by atoms with Crippen LogP contribution in [0.15, 0.2) is 12.5 Å². The molecule has 2 aromatic rings. The first-order valence-corrected chi connectivity index (χ1v) is 6.07. The van der Waals surface area contributed by atoms with Gasteiger partial charge in [-0.05, 0) is 6.92 Å². The minimum absolute atomic E-state index is 0.151. The molecule has 0 aromatic carbocycles. The Morgan fingerprint density at radius 2 is 2.25 bits per heavy atom. The van der Waals surface area contributed by atoms with Crippen molar-refractivity contribution in [2.24, 2.45) is 0 Å². The van der Waals surface area contributed by atoms with Crippen LogP contribution in [-0.4, -0.2) is 59.3 Å². The van der Waals surface area contributed by atoms with Crippen molar-refractivity contribution in [3.63, 3.8) is 0 Å². The van der Waals surface area contributed by atoms with Crippen LogP contribution in [0, 0.1) is 0 Å². The number of hydrogen-bond acceptors (Lipinski definition) is 8. The van der Waals surface area contributed by atoms with Gasteiger partial charge in [-0.1, -0.05) is 0 Å². The number of aromatic nitrogens is 4. The van der Waals surface area contributed by atoms with Crippen LogP contribution >= 0.6 is 0 Å². The van der Waals surface area contributed by atoms with E-state index in [1.54, 1.807) is 0 Å². The van der Waals surface area contributed by atoms with Crippen LogP contribution in [0.2, 0.25) is 0 Å². The zero-order valence-corrected chi connectivity index (χ0v) is 10.7. The number of hydrogen-bond donors (Lipinski definition) is 4. The van der Waals surface area contributed by atoms with E-state index in [0.717, 1.165) is 0 Å². The largest absolute Gasteiger partial charge is 0.394 e. The SMILES string of the molecule is C[C@]1(O)C(c2cnn3c(N)ncnc23)OC(CO)C1O. The summed E-state index contributed by atoms with van der Waals surface area (Å²) in [6.07, 6.45) is -0.233. The van der Waals surface area contributed by atoms with Gasteiger partial charge in [-0.15, -0.1) is 0 Å². The van der Waals surface area contributed by atoms with Gasteiger partial charge in [-0.2, -0.15) is 9.61 Å². The Hall–Kier alpha value is -1.81. The molecule has 1 aliphatic rings. The maximum absolute atomic E-state index is 10.4. The van der Waals surface area contributed by atoms with Gasteiger partial charge in [-0.3, -0.25) is 0 Å². The Balaban J connectivity index is 2.10. The van der Waals surface area contributed by atoms with Gasteiger partial charge in [0.05, 0.1) is 12.8 Å². The summed E-state index contributed by atoms with van der Waals surface area (Å²) in [5.41, 5.74) is 4.95. The minimum atomic E-state index is -1.57. The molecule has 5 N–H and O–H groups in total. The van der Waals surface area contributed by atoms with Crippen molar-refractivity contribution >= 4 is 11.6 Å². The Kier molecular flexibility index (Phi) is 2.87. The van der Waals surface area contributed by atoms with E-state index in [1.165, 1.54) is 24.0 Å². The molecular weight excluding hydrogens is 266 g/mol. The number of anilines is 1. The van der Waals surface area contributed by atoms with Crippen LogP contribution in [-0.2, 0) is 4.74 Å². The summed E-state index contributed by atoms with van der Waals surface area (Å²) in [5.74, 6) is 0.151. The van der Waals surface area contributed by atoms with E-state index in [9.17, 15) is 15.3 Å². The predicted molar refractivity (Wildman–Crippen MR) is 66.5 cm³/mol. The molecule has 3 heterocycles. The zero-order chi connectivity index (χ0) is 14.5. The molecule has 108 valence electrons. The number of rotatable bonds is 2. The molecule has 0 spiro atoms. The molecular formula is C11H15N5O4. The molecule has 20 heavy (non-hydrogen) atoms. The summed E-state index contributed by atoms with van der Waals surface area (Å²) in [7, 11) is 0. The second-order valence-corrected chi connectivity index (χ2v) is 4.97. The summed E-state index contributed by atoms with van der Waals surface area (Å²) < 4.78 is 6.84. The topological polar surface area (TPSA) is 139 Å². The van der Waals surface area contributed by atoms with E-state index in [2.05, 4.69) is 15.1 Å². The molecule has 0 radical (unpaired) electrons. The second-order valence-electron chi connectivity index (χ2n) is 4.97. The molecule has 9 nitrogen and oxygen atoms in total. The van der Waals surface area contributed by atoms with Crippen LogP contribution in [0.4, 0.5) is 5.95 Å². The third-order valence-corrected chi connectivity index (χ3v) is 3.61. The standard InChI is InChI=1S/C11H15N5O4/c1-11(19)7(18)6(3-17)20-8(11)5-2-15-16-9(5)13-4-14-10(16)12/h2,4,6-8,17-19H,3H2,1H3,(H2,12,13,14)/t6?,7?,8?,11-/m1/s1. The van der Waals surface area contributed by atoms with E-state index in [4.69, 9.17) is 10.5 Å². The van der Waals surface area contributed by atoms with E-state index >= 15 is 0 Å². The van der Waals surface area contributed by atoms with E-state index in [1.807, 2.05) is 0 Å². The van der Waals surface area contributed by atoms with E-state index in [-0.39, 0.29) is 5.95 Å². The van der Waals surface area contributed by atoms with Crippen LogP contribution in [0.1, 0.15) is 18.6 Å². The van der Waals surface area contributed by atoms with Gasteiger partial charge < -0.3 is 25.8 Å². The fourth-order valence-corrected chi connectivity index (χ4v) is 2.48. The van der Waals surface area contributed by atoms with Gasteiger partial charge in [0.15, 0.2) is 5.65 Å². The number of nitrogen functional groups attached to an aromatic ring is 1. The average molecular weight is 281 g/mol. The lowest BCUT2D eigenvalue weighted by atomic mass is 9.90. The second kappa shape index (κ2) is 4.35. The third kappa shape index (κ3) is 1.68. The van der Waals surface area contributed by atoms with Gasteiger partial charge in [0.2, 0.25) is 5.95 Å². The summed E-state index contributed by atoms with van der Waals surface area (Å²) in [6, 6.07) is 0. The minimum Gasteiger partial charge on any atom is -0.394 e. The number of ether oxygens (including phenoxy) is 1. The van der Waals surface area contributed by atoms with Crippen molar-refractivity contribution in [3.8, 4) is 0 Å². The average Bonchev–Trinajstić information content (AvgIpc) is 2.92. The summed E-state index contributed by atoms with van der Waals surface area (Å²) in [5, 5.41) is 33.6. The maximum Gasteiger partial charge on any atom is 0.224 e. The molecule has 2 aromatic heterocycles. The van der Waals surface area contributed by atoms with Gasteiger partial charge in [0.1, 0.15) is 30.2 Å². The molecule has 0 saturated carbocycles. The van der Waals surface area contributed by atoms with Crippen LogP contribution < -0.4 is 5.73 Å². The van der Waals surface area contributed by atoms with E-state index < -0.39 is 30.5 Å². The molecule has 9 heteroatoms. The highest BCUT2D eigenvalue weighted by Gasteiger charge is 2.53. The molecule has 0 bridgehead atoms. The van der Waals surface area contributed by atoms with Crippen LogP contribution in [0.3, 0.4) is 0 Å². The van der Waals surface area contributed by atoms with Crippen LogP contribution in [0.25, 0.3) is 5.65 Å². The van der Waals surface area contributed by atoms with Crippen molar-refractivity contribution in [2.45, 2.75) is 30.8 Å². The highest BCUT2D eigenvalue weighted by Crippen LogP contribution is 2.42. The molecule has 1 fully saturated rings. The Morgan fingerprint density at radius 3 is 2.90 bits per heavy atom. The summed E-state index contributed by atoms with van der Waals surface area (Å²) in [6.45, 7) is 1.04. The van der Waals surface area contributed by atoms with Crippen molar-refractivity contribution in [1.29, 1.82) is 0 Å². The number of nitrogens with zero attached hydrogens (tertiary/aromatic N) is 4. The number of nitrogens with two attached hydrogens (primary N) is 1. The lowest BCUT2D eigenvalue weighted by Gasteiger charge is -2.25. The molecule has 3 rings (SSSR count). The van der Waals surface area contributed by atoms with Crippen molar-refractivity contribution in [1.82, 2.24) is 19.6 Å². The van der Waals surface area contributed by atoms with Crippen molar-refractivity contribution < 1.29 is 20.1 Å². The van der Waals surface area contributed by atoms with E-state index in [0.29, 0.717) is 11.2 Å². The monoisotopic (exact) mass is 281 g/mol. The normalized spacial score (nSPS) is 33.9. The van der Waals surface area contributed by atoms with Gasteiger partial charge in [-0.25, -0.2) is 9.97 Å². The first-order chi connectivity index (χ1) is 9.46. The maximum atomic E-state index is 10.4. The number of aliphatic hydroxyl groups excluding tert-OH is 2. The highest BCUT2D eigenvalue weighted by atomic mass is 16.6. The smallest absolute Gasteiger partial charge is 0.224 e. The molecule has 1 aliphatic heterocycles. The van der Waals surface area contributed by atoms with Gasteiger partial charge >= 0.3 is 0 Å². The Morgan fingerprint density at radius 1 is 1.50 bits per heavy atom. The molecule has 4 atom stereocenters. The highest BCUT2D eigenvalue weighted by molar-refractivity contribution is 5.51. The predicted octanol–water partition coefficient (Wildman–Crippen LogP) is -1.75. The first-order valence-electron chi connectivity index (χ1n) is 6.07. The lowest BCUT2D eigenvalue weighted by molar-refractivity contribution is -0.0641. The number of aliphatic hydroxyl groups is 3. The summed E-state index contributed by atoms with van der Waals surface area (Å²) in [4.78, 5) is 7.87. The van der Waals surface area contributed by atoms with Gasteiger partial charge in [0, 0.05) is 5.56 Å². The van der Waals surface area contributed by atoms with Crippen molar-refractivity contribution in [2.75, 3.05) is 12.3 Å². The third-order valence-electron chi connectivity index (χ3n) is 3.61. The van der Waals surface area contributed by atoms with Gasteiger partial charge in [0.25, 0.3) is 0 Å². The fraction of sp³-hybridized carbons (Fsp3) is 0.545. The lowest BCUT2D eigenvalue weighted by Crippen LogP contribution is -2.43.